The molecule has 4 nitrogen and oxygen atoms in total. The zero-order valence-corrected chi connectivity index (χ0v) is 10.5. The van der Waals surface area contributed by atoms with Crippen LogP contribution in [0.2, 0.25) is 0 Å². The summed E-state index contributed by atoms with van der Waals surface area (Å²) < 4.78 is 12.9. The molecule has 1 aromatic carbocycles. The molecule has 98 valence electrons. The van der Waals surface area contributed by atoms with Crippen LogP contribution in [-0.2, 0) is 9.59 Å². The summed E-state index contributed by atoms with van der Waals surface area (Å²) in [4.78, 5) is 22.9. The predicted molar refractivity (Wildman–Crippen MR) is 67.5 cm³/mol. The van der Waals surface area contributed by atoms with E-state index < -0.39 is 17.6 Å². The van der Waals surface area contributed by atoms with Gasteiger partial charge in [-0.2, -0.15) is 0 Å². The van der Waals surface area contributed by atoms with Crippen molar-refractivity contribution >= 4 is 17.5 Å². The van der Waals surface area contributed by atoms with Crippen LogP contribution in [0.1, 0.15) is 20.3 Å². The Labute approximate surface area is 106 Å². The van der Waals surface area contributed by atoms with Crippen LogP contribution in [0.3, 0.4) is 0 Å². The van der Waals surface area contributed by atoms with Crippen molar-refractivity contribution in [2.45, 2.75) is 20.3 Å². The molecule has 18 heavy (non-hydrogen) atoms. The predicted octanol–water partition coefficient (Wildman–Crippen LogP) is 1.93. The Morgan fingerprint density at radius 1 is 1.28 bits per heavy atom. The summed E-state index contributed by atoms with van der Waals surface area (Å²) in [5.41, 5.74) is 0.263. The van der Waals surface area contributed by atoms with Crippen molar-refractivity contribution in [2.75, 3.05) is 11.9 Å². The van der Waals surface area contributed by atoms with E-state index in [9.17, 15) is 14.0 Å². The van der Waals surface area contributed by atoms with Crippen molar-refractivity contribution in [1.29, 1.82) is 0 Å². The van der Waals surface area contributed by atoms with Crippen molar-refractivity contribution in [3.8, 4) is 0 Å². The molecule has 5 heteroatoms. The maximum atomic E-state index is 12.9. The number of benzene rings is 1. The average Bonchev–Trinajstić information content (AvgIpc) is 2.28. The van der Waals surface area contributed by atoms with Gasteiger partial charge in [0.2, 0.25) is 0 Å². The monoisotopic (exact) mass is 252 g/mol. The number of anilines is 1. The van der Waals surface area contributed by atoms with Gasteiger partial charge in [0.05, 0.1) is 0 Å². The van der Waals surface area contributed by atoms with Crippen molar-refractivity contribution in [3.63, 3.8) is 0 Å². The Bertz CT molecular complexity index is 433. The number of carbonyl (C=O) groups is 2. The molecule has 0 aliphatic carbocycles. The lowest BCUT2D eigenvalue weighted by Crippen LogP contribution is -2.36. The van der Waals surface area contributed by atoms with Gasteiger partial charge in [0.25, 0.3) is 0 Å². The number of amides is 2. The highest BCUT2D eigenvalue weighted by Crippen LogP contribution is 2.08. The molecule has 0 aliphatic heterocycles. The topological polar surface area (TPSA) is 58.2 Å². The molecule has 0 aromatic heterocycles. The second-order valence-corrected chi connectivity index (χ2v) is 4.40. The van der Waals surface area contributed by atoms with Crippen molar-refractivity contribution in [2.24, 2.45) is 5.92 Å². The Kier molecular flexibility index (Phi) is 5.30. The lowest BCUT2D eigenvalue weighted by molar-refractivity contribution is -0.136. The molecular formula is C13H17FN2O2. The van der Waals surface area contributed by atoms with Crippen molar-refractivity contribution in [1.82, 2.24) is 5.32 Å². The normalized spacial score (nSPS) is 10.2. The molecule has 1 rings (SSSR count). The summed E-state index contributed by atoms with van der Waals surface area (Å²) >= 11 is 0. The molecule has 0 atom stereocenters. The lowest BCUT2D eigenvalue weighted by atomic mass is 10.1. The summed E-state index contributed by atoms with van der Waals surface area (Å²) in [6.07, 6.45) is 0.805. The lowest BCUT2D eigenvalue weighted by Gasteiger charge is -2.07. The Morgan fingerprint density at radius 2 is 2.00 bits per heavy atom. The largest absolute Gasteiger partial charge is 0.348 e. The zero-order chi connectivity index (χ0) is 13.5. The molecule has 0 saturated carbocycles. The molecule has 0 saturated heterocycles. The van der Waals surface area contributed by atoms with Gasteiger partial charge >= 0.3 is 11.8 Å². The standard InChI is InChI=1S/C13H17FN2O2/c1-9(2)6-7-15-12(17)13(18)16-11-5-3-4-10(14)8-11/h3-5,8-9H,6-7H2,1-2H3,(H,15,17)(H,16,18). The fraction of sp³-hybridized carbons (Fsp3) is 0.385. The molecule has 0 spiro atoms. The molecule has 0 radical (unpaired) electrons. The molecule has 2 N–H and O–H groups in total. The smallest absolute Gasteiger partial charge is 0.313 e. The molecule has 0 unspecified atom stereocenters. The zero-order valence-electron chi connectivity index (χ0n) is 10.5. The van der Waals surface area contributed by atoms with E-state index in [-0.39, 0.29) is 5.69 Å². The number of hydrogen-bond acceptors (Lipinski definition) is 2. The summed E-state index contributed by atoms with van der Waals surface area (Å²) in [6.45, 7) is 4.50. The Morgan fingerprint density at radius 3 is 2.61 bits per heavy atom. The van der Waals surface area contributed by atoms with Gasteiger partial charge in [-0.15, -0.1) is 0 Å². The second kappa shape index (κ2) is 6.74. The van der Waals surface area contributed by atoms with Crippen LogP contribution in [0.4, 0.5) is 10.1 Å². The molecule has 2 amide bonds. The second-order valence-electron chi connectivity index (χ2n) is 4.40. The van der Waals surface area contributed by atoms with E-state index >= 15 is 0 Å². The highest BCUT2D eigenvalue weighted by molar-refractivity contribution is 6.39. The van der Waals surface area contributed by atoms with Crippen molar-refractivity contribution < 1.29 is 14.0 Å². The van der Waals surface area contributed by atoms with Crippen LogP contribution in [-0.4, -0.2) is 18.4 Å². The van der Waals surface area contributed by atoms with Gasteiger partial charge in [0, 0.05) is 12.2 Å². The molecule has 0 fully saturated rings. The summed E-state index contributed by atoms with van der Waals surface area (Å²) in [6, 6.07) is 5.39. The van der Waals surface area contributed by atoms with Crippen molar-refractivity contribution in [3.05, 3.63) is 30.1 Å². The average molecular weight is 252 g/mol. The molecule has 0 aliphatic rings. The number of hydrogen-bond donors (Lipinski definition) is 2. The summed E-state index contributed by atoms with van der Waals surface area (Å²) in [7, 11) is 0. The third-order valence-corrected chi connectivity index (χ3v) is 2.30. The van der Waals surface area contributed by atoms with Crippen LogP contribution in [0.25, 0.3) is 0 Å². The van der Waals surface area contributed by atoms with Crippen LogP contribution >= 0.6 is 0 Å². The first kappa shape index (κ1) is 14.2. The van der Waals surface area contributed by atoms with Crippen LogP contribution in [0.15, 0.2) is 24.3 Å². The number of carbonyl (C=O) groups excluding carboxylic acids is 2. The minimum Gasteiger partial charge on any atom is -0.348 e. The van der Waals surface area contributed by atoms with Gasteiger partial charge < -0.3 is 10.6 Å². The number of rotatable bonds is 4. The van der Waals surface area contributed by atoms with Gasteiger partial charge in [0.1, 0.15) is 5.82 Å². The van der Waals surface area contributed by atoms with E-state index in [0.29, 0.717) is 12.5 Å². The first-order valence-electron chi connectivity index (χ1n) is 5.84. The Hall–Kier alpha value is -1.91. The minimum atomic E-state index is -0.788. The third-order valence-electron chi connectivity index (χ3n) is 2.30. The maximum Gasteiger partial charge on any atom is 0.313 e. The molecule has 0 bridgehead atoms. The third kappa shape index (κ3) is 4.95. The van der Waals surface area contributed by atoms with Crippen LogP contribution < -0.4 is 10.6 Å². The summed E-state index contributed by atoms with van der Waals surface area (Å²) in [5.74, 6) is -1.51. The van der Waals surface area contributed by atoms with E-state index in [1.54, 1.807) is 0 Å². The SMILES string of the molecule is CC(C)CCNC(=O)C(=O)Nc1cccc(F)c1. The van der Waals surface area contributed by atoms with Gasteiger partial charge in [-0.1, -0.05) is 19.9 Å². The summed E-state index contributed by atoms with van der Waals surface area (Å²) in [5, 5.41) is 4.83. The van der Waals surface area contributed by atoms with Gasteiger partial charge in [-0.3, -0.25) is 9.59 Å². The maximum absolute atomic E-state index is 12.9. The quantitative estimate of drug-likeness (QED) is 0.804. The van der Waals surface area contributed by atoms with Crippen LogP contribution in [0.5, 0.6) is 0 Å². The first-order chi connectivity index (χ1) is 8.49. The molecular weight excluding hydrogens is 235 g/mol. The van der Waals surface area contributed by atoms with E-state index in [1.165, 1.54) is 18.2 Å². The van der Waals surface area contributed by atoms with E-state index in [1.807, 2.05) is 13.8 Å². The van der Waals surface area contributed by atoms with Gasteiger partial charge in [0.15, 0.2) is 0 Å². The fourth-order valence-electron chi connectivity index (χ4n) is 1.31. The fourth-order valence-corrected chi connectivity index (χ4v) is 1.31. The van der Waals surface area contributed by atoms with E-state index in [0.717, 1.165) is 12.5 Å². The van der Waals surface area contributed by atoms with Gasteiger partial charge in [-0.05, 0) is 30.5 Å². The number of halogens is 1. The Balaban J connectivity index is 2.43. The molecule has 0 heterocycles. The first-order valence-corrected chi connectivity index (χ1v) is 5.84. The van der Waals surface area contributed by atoms with E-state index in [2.05, 4.69) is 10.6 Å². The minimum absolute atomic E-state index is 0.263. The van der Waals surface area contributed by atoms with E-state index in [4.69, 9.17) is 0 Å². The highest BCUT2D eigenvalue weighted by atomic mass is 19.1. The van der Waals surface area contributed by atoms with Gasteiger partial charge in [-0.25, -0.2) is 4.39 Å². The molecule has 1 aromatic rings. The number of nitrogens with one attached hydrogen (secondary N) is 2. The van der Waals surface area contributed by atoms with Crippen LogP contribution in [0, 0.1) is 11.7 Å². The highest BCUT2D eigenvalue weighted by Gasteiger charge is 2.13.